The highest BCUT2D eigenvalue weighted by molar-refractivity contribution is 5.91. The van der Waals surface area contributed by atoms with Crippen molar-refractivity contribution in [3.05, 3.63) is 70.8 Å². The quantitative estimate of drug-likeness (QED) is 0.142. The van der Waals surface area contributed by atoms with Gasteiger partial charge in [-0.15, -0.1) is 0 Å². The summed E-state index contributed by atoms with van der Waals surface area (Å²) in [6.07, 6.45) is 19.7. The molecule has 4 saturated carbocycles. The number of carboxylic acid groups (broad SMARTS) is 1. The minimum atomic E-state index is -0.981. The molecule has 2 aromatic carbocycles. The van der Waals surface area contributed by atoms with Gasteiger partial charge in [0.1, 0.15) is 23.3 Å². The van der Waals surface area contributed by atoms with Gasteiger partial charge in [-0.3, -0.25) is 28.8 Å². The summed E-state index contributed by atoms with van der Waals surface area (Å²) in [6, 6.07) is 14.2. The summed E-state index contributed by atoms with van der Waals surface area (Å²) in [5.41, 5.74) is 9.83. The molecule has 10 atom stereocenters. The Morgan fingerprint density at radius 2 is 0.943 bits per heavy atom. The van der Waals surface area contributed by atoms with Crippen molar-refractivity contribution >= 4 is 47.7 Å². The Hall–Kier alpha value is -6.24. The van der Waals surface area contributed by atoms with Gasteiger partial charge in [-0.1, -0.05) is 87.1 Å². The van der Waals surface area contributed by atoms with Crippen molar-refractivity contribution in [3.63, 3.8) is 0 Å². The third-order valence-electron chi connectivity index (χ3n) is 20.1. The number of aliphatic carboxylic acids is 1. The number of benzene rings is 2. The van der Waals surface area contributed by atoms with Crippen LogP contribution in [0.4, 0.5) is 9.59 Å². The molecule has 0 radical (unpaired) electrons. The minimum Gasteiger partial charge on any atom is -0.481 e. The molecular weight excluding hydrogens is 1100 g/mol. The lowest BCUT2D eigenvalue weighted by atomic mass is 9.83. The largest absolute Gasteiger partial charge is 0.481 e. The highest BCUT2D eigenvalue weighted by Gasteiger charge is 2.58. The van der Waals surface area contributed by atoms with E-state index in [1.165, 1.54) is 35.1 Å². The first-order chi connectivity index (χ1) is 41.5. The zero-order valence-corrected chi connectivity index (χ0v) is 52.5. The van der Waals surface area contributed by atoms with Crippen molar-refractivity contribution in [1.29, 1.82) is 0 Å². The van der Waals surface area contributed by atoms with Gasteiger partial charge in [0, 0.05) is 44.1 Å². The van der Waals surface area contributed by atoms with Gasteiger partial charge in [-0.05, 0) is 178 Å². The molecule has 4 heterocycles. The van der Waals surface area contributed by atoms with Crippen LogP contribution in [0.25, 0.3) is 0 Å². The first-order valence-corrected chi connectivity index (χ1v) is 33.2. The number of ether oxygens (including phenoxy) is 2. The Bertz CT molecular complexity index is 2830. The summed E-state index contributed by atoms with van der Waals surface area (Å²) in [5, 5.41) is 19.0. The molecule has 19 heteroatoms. The summed E-state index contributed by atoms with van der Waals surface area (Å²) in [5.74, 6) is -2.57. The molecule has 87 heavy (non-hydrogen) atoms. The predicted octanol–water partition coefficient (Wildman–Crippen LogP) is 8.90. The minimum absolute atomic E-state index is 0.00627. The van der Waals surface area contributed by atoms with Gasteiger partial charge in [0.15, 0.2) is 0 Å². The van der Waals surface area contributed by atoms with Gasteiger partial charge < -0.3 is 55.9 Å². The molecule has 2 aromatic rings. The second kappa shape index (κ2) is 27.2. The lowest BCUT2D eigenvalue weighted by Gasteiger charge is -2.36. The van der Waals surface area contributed by atoms with Crippen LogP contribution in [0.1, 0.15) is 204 Å². The molecule has 4 aliphatic heterocycles. The van der Waals surface area contributed by atoms with Gasteiger partial charge in [0.2, 0.25) is 29.5 Å². The molecule has 0 spiro atoms. The molecular formula is C68H98N8O11. The van der Waals surface area contributed by atoms with Gasteiger partial charge in [0.05, 0.1) is 42.0 Å². The van der Waals surface area contributed by atoms with E-state index in [0.29, 0.717) is 38.5 Å². The molecule has 6 N–H and O–H groups in total. The normalized spacial score (nSPS) is 27.7. The van der Waals surface area contributed by atoms with E-state index < -0.39 is 65.4 Å². The average molecular weight is 1200 g/mol. The van der Waals surface area contributed by atoms with Crippen LogP contribution in [0, 0.1) is 35.5 Å². The maximum Gasteiger partial charge on any atom is 0.408 e. The molecule has 0 bridgehead atoms. The fourth-order valence-electron chi connectivity index (χ4n) is 15.7. The molecule has 19 nitrogen and oxygen atoms in total. The highest BCUT2D eigenvalue weighted by atomic mass is 16.6. The first-order valence-electron chi connectivity index (χ1n) is 33.2. The molecule has 12 rings (SSSR count). The zero-order valence-electron chi connectivity index (χ0n) is 52.5. The number of likely N-dealkylation sites (tertiary alicyclic amines) is 4. The number of aryl methyl sites for hydroxylation is 2. The molecule has 0 unspecified atom stereocenters. The second-order valence-electron chi connectivity index (χ2n) is 28.7. The van der Waals surface area contributed by atoms with Crippen LogP contribution in [-0.2, 0) is 51.1 Å². The molecule has 8 fully saturated rings. The number of carbonyl (C=O) groups is 8. The van der Waals surface area contributed by atoms with Gasteiger partial charge in [-0.2, -0.15) is 0 Å². The van der Waals surface area contributed by atoms with Crippen molar-refractivity contribution in [2.75, 3.05) is 26.2 Å². The van der Waals surface area contributed by atoms with Crippen LogP contribution < -0.4 is 21.7 Å². The van der Waals surface area contributed by atoms with Gasteiger partial charge >= 0.3 is 18.2 Å². The predicted molar refractivity (Wildman–Crippen MR) is 327 cm³/mol. The van der Waals surface area contributed by atoms with E-state index in [-0.39, 0.29) is 77.9 Å². The number of nitrogens with two attached hydrogens (primary N) is 1. The Kier molecular flexibility index (Phi) is 20.0. The third-order valence-corrected chi connectivity index (χ3v) is 20.1. The number of rotatable bonds is 11. The number of carboxylic acids is 1. The zero-order chi connectivity index (χ0) is 61.9. The van der Waals surface area contributed by atoms with Crippen molar-refractivity contribution in [1.82, 2.24) is 35.6 Å². The molecule has 476 valence electrons. The van der Waals surface area contributed by atoms with Gasteiger partial charge in [0.25, 0.3) is 0 Å². The fourth-order valence-corrected chi connectivity index (χ4v) is 15.7. The third kappa shape index (κ3) is 15.3. The summed E-state index contributed by atoms with van der Waals surface area (Å²) in [6.45, 7) is 12.1. The van der Waals surface area contributed by atoms with Gasteiger partial charge in [-0.25, -0.2) is 9.59 Å². The number of alkyl carbamates (subject to hydrolysis) is 2. The summed E-state index contributed by atoms with van der Waals surface area (Å²) in [4.78, 5) is 113. The van der Waals surface area contributed by atoms with Crippen LogP contribution in [0.2, 0.25) is 0 Å². The Morgan fingerprint density at radius 1 is 0.517 bits per heavy atom. The maximum atomic E-state index is 14.5. The number of hydrogen-bond donors (Lipinski definition) is 5. The number of amides is 7. The monoisotopic (exact) mass is 1200 g/mol. The van der Waals surface area contributed by atoms with Crippen LogP contribution in [0.15, 0.2) is 48.5 Å². The number of hydrogen-bond acceptors (Lipinski definition) is 11. The Morgan fingerprint density at radius 3 is 1.39 bits per heavy atom. The van der Waals surface area contributed by atoms with Crippen molar-refractivity contribution < 1.29 is 52.9 Å². The number of carbonyl (C=O) groups excluding carboxylic acids is 7. The molecule has 6 aliphatic carbocycles. The second-order valence-corrected chi connectivity index (χ2v) is 28.7. The van der Waals surface area contributed by atoms with E-state index in [1.54, 1.807) is 30.6 Å². The Balaban J connectivity index is 0.000000167. The SMILES string of the molecule is CC(C)(C)OC(=O)N[C@H](C(=O)N1CC[C@@H]2[C@H]1[C@@H](C(=O)N[C@@H]1CCCc3ccccc31)CN2C(=O)C1CC1)C1CCCCC1.CC(C)(C)OC(=O)N[C@H](C(=O)N1CC[C@@H]2[C@H]1[C@@H](C(=O)O)CN2C(=O)C1CC1)C1CCCCC1.N[C@@H]1CCCc2ccccc21. The summed E-state index contributed by atoms with van der Waals surface area (Å²) in [7, 11) is 0. The van der Waals surface area contributed by atoms with E-state index in [9.17, 15) is 43.5 Å². The van der Waals surface area contributed by atoms with Crippen LogP contribution >= 0.6 is 0 Å². The van der Waals surface area contributed by atoms with Crippen LogP contribution in [-0.4, -0.2) is 146 Å². The van der Waals surface area contributed by atoms with E-state index in [1.807, 2.05) is 42.7 Å². The standard InChI is InChI=1S/C34H48N4O5.C24H37N3O6.C10H13N/c1-34(2,3)43-33(42)36-28(22-11-5-4-6-12-22)32(41)37-19-18-27-29(37)25(20-38(27)31(40)23-16-17-23)30(39)35-26-15-9-13-21-10-7-8-14-24(21)26;1-24(2,3)33-23(32)25-18(14-7-5-4-6-8-14)21(29)26-12-11-17-19(26)16(22(30)31)13-27(17)20(28)15-9-10-15;11-10-7-3-5-8-4-1-2-6-9(8)10/h7-8,10,14,22-23,25-29H,4-6,9,11-13,15-20H2,1-3H3,(H,35,39)(H,36,42);14-19H,4-13H2,1-3H3,(H,25,32)(H,30,31);1-2,4,6,10H,3,5,7,11H2/t25-,26+,27+,28-,29+;16-,17+,18-,19+;10-/m001/s1. The van der Waals surface area contributed by atoms with Crippen molar-refractivity contribution in [2.24, 2.45) is 41.2 Å². The highest BCUT2D eigenvalue weighted by Crippen LogP contribution is 2.44. The van der Waals surface area contributed by atoms with E-state index in [2.05, 4.69) is 52.3 Å². The van der Waals surface area contributed by atoms with Crippen LogP contribution in [0.5, 0.6) is 0 Å². The molecule has 7 amide bonds. The molecule has 0 aromatic heterocycles. The molecule has 4 saturated heterocycles. The molecule has 10 aliphatic rings. The van der Waals surface area contributed by atoms with E-state index in [0.717, 1.165) is 116 Å². The van der Waals surface area contributed by atoms with E-state index >= 15 is 0 Å². The number of nitrogens with zero attached hydrogens (tertiary/aromatic N) is 4. The fraction of sp³-hybridized carbons (Fsp3) is 0.706. The first kappa shape index (κ1) is 63.8. The summed E-state index contributed by atoms with van der Waals surface area (Å²) < 4.78 is 11.0. The maximum absolute atomic E-state index is 14.5. The van der Waals surface area contributed by atoms with E-state index in [4.69, 9.17) is 15.2 Å². The van der Waals surface area contributed by atoms with Crippen molar-refractivity contribution in [2.45, 2.75) is 242 Å². The number of nitrogens with one attached hydrogen (secondary N) is 3. The lowest BCUT2D eigenvalue weighted by Crippen LogP contribution is -2.57. The Labute approximate surface area is 514 Å². The topological polar surface area (TPSA) is 250 Å². The average Bonchev–Trinajstić information content (AvgIpc) is 1.65. The number of fused-ring (bicyclic) bond motifs is 4. The van der Waals surface area contributed by atoms with Crippen LogP contribution in [0.3, 0.4) is 0 Å². The van der Waals surface area contributed by atoms with Crippen molar-refractivity contribution in [3.8, 4) is 0 Å². The lowest BCUT2D eigenvalue weighted by molar-refractivity contribution is -0.145. The summed E-state index contributed by atoms with van der Waals surface area (Å²) >= 11 is 0. The smallest absolute Gasteiger partial charge is 0.408 e.